The molecule has 0 aliphatic carbocycles. The van der Waals surface area contributed by atoms with Gasteiger partial charge in [0.25, 0.3) is 0 Å². The monoisotopic (exact) mass is 428 g/mol. The van der Waals surface area contributed by atoms with Gasteiger partial charge in [-0.15, -0.1) is 0 Å². The third-order valence-electron chi connectivity index (χ3n) is 4.23. The van der Waals surface area contributed by atoms with Crippen molar-refractivity contribution < 1.29 is 19.1 Å². The van der Waals surface area contributed by atoms with Crippen LogP contribution in [0.25, 0.3) is 0 Å². The normalized spacial score (nSPS) is 16.5. The first-order valence-corrected chi connectivity index (χ1v) is 10.3. The van der Waals surface area contributed by atoms with Gasteiger partial charge in [-0.25, -0.2) is 9.59 Å². The Hall–Kier alpha value is -1.92. The number of carbonyl (C=O) groups excluding carboxylic acids is 2. The molecule has 1 aromatic carbocycles. The SMILES string of the molecule is CCCCC1=C(C(=O)OCC)C(c2cc(Cl)c(OCCC)c(Cl)c2)NC(=O)N1. The van der Waals surface area contributed by atoms with Crippen molar-refractivity contribution in [1.29, 1.82) is 0 Å². The number of benzene rings is 1. The Kier molecular flexibility index (Phi) is 8.45. The molecule has 2 N–H and O–H groups in total. The van der Waals surface area contributed by atoms with E-state index in [4.69, 9.17) is 32.7 Å². The number of esters is 1. The Morgan fingerprint density at radius 2 is 1.82 bits per heavy atom. The van der Waals surface area contributed by atoms with E-state index in [0.29, 0.717) is 45.7 Å². The number of hydrogen-bond acceptors (Lipinski definition) is 4. The highest BCUT2D eigenvalue weighted by atomic mass is 35.5. The predicted molar refractivity (Wildman–Crippen MR) is 110 cm³/mol. The van der Waals surface area contributed by atoms with Crippen LogP contribution in [-0.4, -0.2) is 25.2 Å². The van der Waals surface area contributed by atoms with E-state index in [1.807, 2.05) is 13.8 Å². The van der Waals surface area contributed by atoms with Crippen molar-refractivity contribution in [2.24, 2.45) is 0 Å². The van der Waals surface area contributed by atoms with Crippen molar-refractivity contribution >= 4 is 35.2 Å². The minimum absolute atomic E-state index is 0.232. The largest absolute Gasteiger partial charge is 0.490 e. The number of unbranched alkanes of at least 4 members (excludes halogenated alkanes) is 1. The molecule has 0 aromatic heterocycles. The summed E-state index contributed by atoms with van der Waals surface area (Å²) in [4.78, 5) is 24.9. The topological polar surface area (TPSA) is 76.7 Å². The molecule has 0 bridgehead atoms. The van der Waals surface area contributed by atoms with E-state index >= 15 is 0 Å². The minimum atomic E-state index is -0.713. The van der Waals surface area contributed by atoms with Crippen LogP contribution in [0.5, 0.6) is 5.75 Å². The molecule has 8 heteroatoms. The van der Waals surface area contributed by atoms with Crippen LogP contribution >= 0.6 is 23.2 Å². The van der Waals surface area contributed by atoms with Gasteiger partial charge in [0.05, 0.1) is 34.9 Å². The van der Waals surface area contributed by atoms with Gasteiger partial charge in [-0.2, -0.15) is 0 Å². The maximum atomic E-state index is 12.7. The molecular formula is C20H26Cl2N2O4. The molecule has 28 heavy (non-hydrogen) atoms. The van der Waals surface area contributed by atoms with Gasteiger partial charge >= 0.3 is 12.0 Å². The maximum absolute atomic E-state index is 12.7. The van der Waals surface area contributed by atoms with Gasteiger partial charge in [-0.3, -0.25) is 0 Å². The Labute approximate surface area is 175 Å². The van der Waals surface area contributed by atoms with Crippen molar-refractivity contribution in [2.75, 3.05) is 13.2 Å². The smallest absolute Gasteiger partial charge is 0.338 e. The Bertz CT molecular complexity index is 742. The van der Waals surface area contributed by atoms with E-state index in [0.717, 1.165) is 19.3 Å². The molecule has 1 aliphatic rings. The van der Waals surface area contributed by atoms with Crippen LogP contribution in [0.15, 0.2) is 23.4 Å². The van der Waals surface area contributed by atoms with Crippen LogP contribution in [0.3, 0.4) is 0 Å². The molecule has 0 radical (unpaired) electrons. The highest BCUT2D eigenvalue weighted by molar-refractivity contribution is 6.37. The zero-order valence-corrected chi connectivity index (χ0v) is 17.9. The fourth-order valence-electron chi connectivity index (χ4n) is 2.96. The number of rotatable bonds is 9. The number of hydrogen-bond donors (Lipinski definition) is 2. The molecule has 2 amide bonds. The zero-order chi connectivity index (χ0) is 20.7. The number of allylic oxidation sites excluding steroid dienone is 1. The van der Waals surface area contributed by atoms with Gasteiger partial charge in [-0.1, -0.05) is 43.5 Å². The van der Waals surface area contributed by atoms with Crippen molar-refractivity contribution in [3.8, 4) is 5.75 Å². The highest BCUT2D eigenvalue weighted by Crippen LogP contribution is 2.39. The summed E-state index contributed by atoms with van der Waals surface area (Å²) in [5.41, 5.74) is 1.52. The van der Waals surface area contributed by atoms with Crippen molar-refractivity contribution in [2.45, 2.75) is 52.5 Å². The van der Waals surface area contributed by atoms with E-state index < -0.39 is 12.0 Å². The van der Waals surface area contributed by atoms with Crippen LogP contribution in [0, 0.1) is 0 Å². The fourth-order valence-corrected chi connectivity index (χ4v) is 3.57. The molecule has 0 spiro atoms. The molecule has 1 aromatic rings. The standard InChI is InChI=1S/C20H26Cl2N2O4/c1-4-7-8-15-16(19(25)27-6-3)17(24-20(26)23-15)12-10-13(21)18(14(22)11-12)28-9-5-2/h10-11,17H,4-9H2,1-3H3,(H2,23,24,26). The van der Waals surface area contributed by atoms with Crippen molar-refractivity contribution in [1.82, 2.24) is 10.6 Å². The maximum Gasteiger partial charge on any atom is 0.338 e. The lowest BCUT2D eigenvalue weighted by molar-refractivity contribution is -0.139. The lowest BCUT2D eigenvalue weighted by Crippen LogP contribution is -2.46. The van der Waals surface area contributed by atoms with Crippen LogP contribution in [0.4, 0.5) is 4.79 Å². The summed E-state index contributed by atoms with van der Waals surface area (Å²) in [5, 5.41) is 6.17. The molecule has 0 saturated heterocycles. The quantitative estimate of drug-likeness (QED) is 0.533. The second-order valence-corrected chi connectivity index (χ2v) is 7.22. The number of carbonyl (C=O) groups is 2. The van der Waals surface area contributed by atoms with Crippen LogP contribution in [0.1, 0.15) is 58.1 Å². The summed E-state index contributed by atoms with van der Waals surface area (Å²) in [6.07, 6.45) is 3.13. The fraction of sp³-hybridized carbons (Fsp3) is 0.500. The van der Waals surface area contributed by atoms with E-state index in [2.05, 4.69) is 10.6 Å². The molecular weight excluding hydrogens is 403 g/mol. The van der Waals surface area contributed by atoms with E-state index in [9.17, 15) is 9.59 Å². The second kappa shape index (κ2) is 10.6. The lowest BCUT2D eigenvalue weighted by Gasteiger charge is -2.30. The highest BCUT2D eigenvalue weighted by Gasteiger charge is 2.34. The first-order chi connectivity index (χ1) is 13.4. The van der Waals surface area contributed by atoms with Crippen molar-refractivity contribution in [3.63, 3.8) is 0 Å². The summed E-state index contributed by atoms with van der Waals surface area (Å²) in [5.74, 6) is -0.0910. The molecule has 1 aliphatic heterocycles. The molecule has 1 unspecified atom stereocenters. The summed E-state index contributed by atoms with van der Waals surface area (Å²) >= 11 is 12.7. The van der Waals surface area contributed by atoms with Gasteiger partial charge in [0, 0.05) is 5.70 Å². The van der Waals surface area contributed by atoms with Crippen LogP contribution < -0.4 is 15.4 Å². The summed E-state index contributed by atoms with van der Waals surface area (Å²) < 4.78 is 10.8. The number of urea groups is 1. The molecule has 2 rings (SSSR count). The number of amides is 2. The molecule has 0 fully saturated rings. The van der Waals surface area contributed by atoms with E-state index in [1.54, 1.807) is 19.1 Å². The predicted octanol–water partition coefficient (Wildman–Crippen LogP) is 5.14. The molecule has 6 nitrogen and oxygen atoms in total. The molecule has 1 atom stereocenters. The minimum Gasteiger partial charge on any atom is -0.490 e. The average Bonchev–Trinajstić information content (AvgIpc) is 2.65. The third-order valence-corrected chi connectivity index (χ3v) is 4.80. The Balaban J connectivity index is 2.50. The van der Waals surface area contributed by atoms with Gasteiger partial charge in [0.15, 0.2) is 5.75 Å². The molecule has 1 heterocycles. The summed E-state index contributed by atoms with van der Waals surface area (Å²) in [7, 11) is 0. The summed E-state index contributed by atoms with van der Waals surface area (Å²) in [6, 6.07) is 2.22. The van der Waals surface area contributed by atoms with Crippen LogP contribution in [0.2, 0.25) is 10.0 Å². The molecule has 154 valence electrons. The van der Waals surface area contributed by atoms with Crippen molar-refractivity contribution in [3.05, 3.63) is 39.0 Å². The number of ether oxygens (including phenoxy) is 2. The number of nitrogens with one attached hydrogen (secondary N) is 2. The first kappa shape index (κ1) is 22.4. The molecule has 0 saturated carbocycles. The average molecular weight is 429 g/mol. The zero-order valence-electron chi connectivity index (χ0n) is 16.4. The van der Waals surface area contributed by atoms with E-state index in [1.165, 1.54) is 0 Å². The number of halogens is 2. The second-order valence-electron chi connectivity index (χ2n) is 6.41. The lowest BCUT2D eigenvalue weighted by atomic mass is 9.93. The van der Waals surface area contributed by atoms with E-state index in [-0.39, 0.29) is 12.6 Å². The van der Waals surface area contributed by atoms with Crippen LogP contribution in [-0.2, 0) is 9.53 Å². The third kappa shape index (κ3) is 5.32. The summed E-state index contributed by atoms with van der Waals surface area (Å²) in [6.45, 7) is 6.48. The van der Waals surface area contributed by atoms with Gasteiger partial charge < -0.3 is 20.1 Å². The Morgan fingerprint density at radius 1 is 1.14 bits per heavy atom. The van der Waals surface area contributed by atoms with Gasteiger partial charge in [0.1, 0.15) is 0 Å². The first-order valence-electron chi connectivity index (χ1n) is 9.52. The van der Waals surface area contributed by atoms with Gasteiger partial charge in [0.2, 0.25) is 0 Å². The van der Waals surface area contributed by atoms with Gasteiger partial charge in [-0.05, 0) is 43.9 Å². The Morgan fingerprint density at radius 3 is 2.39 bits per heavy atom.